The number of hydrogen-bond donors (Lipinski definition) is 1. The third-order valence-corrected chi connectivity index (χ3v) is 7.33. The molecule has 0 aliphatic carbocycles. The Kier molecular flexibility index (Phi) is 6.93. The third-order valence-electron chi connectivity index (χ3n) is 5.70. The van der Waals surface area contributed by atoms with E-state index in [1.807, 2.05) is 6.26 Å². The molecule has 0 saturated carbocycles. The molecule has 1 N–H and O–H groups in total. The summed E-state index contributed by atoms with van der Waals surface area (Å²) in [6, 6.07) is 0. The van der Waals surface area contributed by atoms with Gasteiger partial charge in [-0.3, -0.25) is 0 Å². The average molecular weight is 477 g/mol. The van der Waals surface area contributed by atoms with Crippen molar-refractivity contribution in [3.8, 4) is 0 Å². The lowest BCUT2D eigenvalue weighted by atomic mass is 9.88. The topological polar surface area (TPSA) is 78.4 Å². The number of rotatable bonds is 8. The fourth-order valence-corrected chi connectivity index (χ4v) is 5.63. The molecule has 3 aromatic heterocycles. The van der Waals surface area contributed by atoms with Gasteiger partial charge in [0.2, 0.25) is 0 Å². The molecule has 3 aromatic rings. The molecule has 0 bridgehead atoms. The van der Waals surface area contributed by atoms with Gasteiger partial charge in [0.05, 0.1) is 29.0 Å². The fraction of sp³-hybridized carbons (Fsp3) is 0.609. The fourth-order valence-electron chi connectivity index (χ4n) is 4.13. The summed E-state index contributed by atoms with van der Waals surface area (Å²) in [5.41, 5.74) is 4.47. The molecule has 9 heteroatoms. The van der Waals surface area contributed by atoms with Crippen LogP contribution in [0.2, 0.25) is 0 Å². The molecule has 7 nitrogen and oxygen atoms in total. The van der Waals surface area contributed by atoms with E-state index in [0.717, 1.165) is 49.9 Å². The van der Waals surface area contributed by atoms with Gasteiger partial charge in [-0.05, 0) is 38.0 Å². The number of aromatic nitrogens is 3. The van der Waals surface area contributed by atoms with Crippen molar-refractivity contribution in [2.75, 3.05) is 32.3 Å². The molecule has 0 aromatic carbocycles. The zero-order valence-corrected chi connectivity index (χ0v) is 21.5. The van der Waals surface area contributed by atoms with Gasteiger partial charge < -0.3 is 19.5 Å². The second-order valence-corrected chi connectivity index (χ2v) is 10.9. The van der Waals surface area contributed by atoms with Crippen LogP contribution in [0.1, 0.15) is 44.5 Å². The van der Waals surface area contributed by atoms with Gasteiger partial charge in [-0.25, -0.2) is 15.0 Å². The summed E-state index contributed by atoms with van der Waals surface area (Å²) in [6.07, 6.45) is 3.42. The first kappa shape index (κ1) is 23.6. The van der Waals surface area contributed by atoms with Gasteiger partial charge in [-0.1, -0.05) is 25.6 Å². The second-order valence-electron chi connectivity index (χ2n) is 9.14. The van der Waals surface area contributed by atoms with Crippen molar-refractivity contribution < 1.29 is 14.2 Å². The number of pyridine rings is 1. The number of nitrogens with zero attached hydrogens (tertiary/aromatic N) is 3. The monoisotopic (exact) mass is 476 g/mol. The molecular weight excluding hydrogens is 444 g/mol. The lowest BCUT2D eigenvalue weighted by Gasteiger charge is -2.33. The molecule has 0 amide bonds. The Labute approximate surface area is 197 Å². The van der Waals surface area contributed by atoms with Crippen molar-refractivity contribution in [2.24, 2.45) is 5.92 Å². The van der Waals surface area contributed by atoms with Gasteiger partial charge >= 0.3 is 0 Å². The molecule has 4 rings (SSSR count). The molecule has 0 fully saturated rings. The molecule has 32 heavy (non-hydrogen) atoms. The highest BCUT2D eigenvalue weighted by Crippen LogP contribution is 2.43. The molecule has 0 spiro atoms. The zero-order chi connectivity index (χ0) is 23.0. The largest absolute Gasteiger partial charge is 0.370 e. The normalized spacial score (nSPS) is 15.8. The number of hydrogen-bond acceptors (Lipinski definition) is 9. The van der Waals surface area contributed by atoms with Crippen molar-refractivity contribution in [1.82, 2.24) is 15.0 Å². The van der Waals surface area contributed by atoms with Gasteiger partial charge in [0.25, 0.3) is 0 Å². The number of fused-ring (bicyclic) bond motifs is 5. The van der Waals surface area contributed by atoms with E-state index in [2.05, 4.69) is 33.0 Å². The highest BCUT2D eigenvalue weighted by molar-refractivity contribution is 7.98. The van der Waals surface area contributed by atoms with Gasteiger partial charge in [-0.2, -0.15) is 0 Å². The number of methoxy groups -OCH3 is 2. The Morgan fingerprint density at radius 3 is 2.56 bits per heavy atom. The van der Waals surface area contributed by atoms with Crippen LogP contribution in [0.5, 0.6) is 0 Å². The highest BCUT2D eigenvalue weighted by Gasteiger charge is 2.32. The number of anilines is 1. The summed E-state index contributed by atoms with van der Waals surface area (Å²) in [4.78, 5) is 15.8. The maximum atomic E-state index is 6.20. The van der Waals surface area contributed by atoms with E-state index in [4.69, 9.17) is 29.2 Å². The quantitative estimate of drug-likeness (QED) is 0.275. The summed E-state index contributed by atoms with van der Waals surface area (Å²) < 4.78 is 17.9. The Morgan fingerprint density at radius 1 is 1.16 bits per heavy atom. The molecule has 4 heterocycles. The number of thioether (sulfide) groups is 1. The van der Waals surface area contributed by atoms with Crippen LogP contribution in [-0.2, 0) is 33.7 Å². The van der Waals surface area contributed by atoms with Crippen LogP contribution in [0.25, 0.3) is 20.4 Å². The standard InChI is InChI=1S/C23H32N4O3S2/c1-12(2)8-15-14-11-30-23(3,4)9-13(14)17-18-19(32-21(17)25-15)20(27-22(26-18)31-7)24-10-16(28-5)29-6/h12,16H,8-11H2,1-7H3,(H,24,26,27). The predicted molar refractivity (Wildman–Crippen MR) is 132 cm³/mol. The van der Waals surface area contributed by atoms with Crippen LogP contribution < -0.4 is 5.32 Å². The van der Waals surface area contributed by atoms with E-state index < -0.39 is 0 Å². The van der Waals surface area contributed by atoms with E-state index >= 15 is 0 Å². The number of ether oxygens (including phenoxy) is 3. The summed E-state index contributed by atoms with van der Waals surface area (Å²) in [7, 11) is 3.27. The van der Waals surface area contributed by atoms with E-state index in [9.17, 15) is 0 Å². The maximum Gasteiger partial charge on any atom is 0.189 e. The first-order chi connectivity index (χ1) is 15.3. The summed E-state index contributed by atoms with van der Waals surface area (Å²) in [5.74, 6) is 1.32. The van der Waals surface area contributed by atoms with Crippen LogP contribution >= 0.6 is 23.1 Å². The molecule has 174 valence electrons. The number of thiophene rings is 1. The van der Waals surface area contributed by atoms with Crippen molar-refractivity contribution >= 4 is 49.3 Å². The minimum absolute atomic E-state index is 0.217. The minimum atomic E-state index is -0.353. The second kappa shape index (κ2) is 9.38. The summed E-state index contributed by atoms with van der Waals surface area (Å²) in [5, 5.41) is 5.30. The van der Waals surface area contributed by atoms with Gasteiger partial charge in [0.15, 0.2) is 11.4 Å². The third kappa shape index (κ3) is 4.59. The van der Waals surface area contributed by atoms with Crippen molar-refractivity contribution in [2.45, 2.75) is 64.2 Å². The van der Waals surface area contributed by atoms with Gasteiger partial charge in [0, 0.05) is 37.3 Å². The Morgan fingerprint density at radius 2 is 1.91 bits per heavy atom. The molecular formula is C23H32N4O3S2. The molecule has 0 atom stereocenters. The van der Waals surface area contributed by atoms with Crippen molar-refractivity contribution in [3.63, 3.8) is 0 Å². The SMILES string of the molecule is COC(CNc1nc(SC)nc2c1sc1nc(CC(C)C)c3c(c12)CC(C)(C)OC3)OC. The summed E-state index contributed by atoms with van der Waals surface area (Å²) >= 11 is 3.20. The zero-order valence-electron chi connectivity index (χ0n) is 19.9. The van der Waals surface area contributed by atoms with E-state index in [-0.39, 0.29) is 11.9 Å². The lowest BCUT2D eigenvalue weighted by Crippen LogP contribution is -2.33. The predicted octanol–water partition coefficient (Wildman–Crippen LogP) is 5.04. The van der Waals surface area contributed by atoms with Crippen LogP contribution in [0.3, 0.4) is 0 Å². The Balaban J connectivity index is 1.94. The smallest absolute Gasteiger partial charge is 0.189 e. The molecule has 1 aliphatic rings. The van der Waals surface area contributed by atoms with Crippen molar-refractivity contribution in [1.29, 1.82) is 0 Å². The molecule has 0 unspecified atom stereocenters. The van der Waals surface area contributed by atoms with Gasteiger partial charge in [0.1, 0.15) is 10.6 Å². The van der Waals surface area contributed by atoms with Gasteiger partial charge in [-0.15, -0.1) is 11.3 Å². The molecule has 0 saturated heterocycles. The van der Waals surface area contributed by atoms with Crippen LogP contribution in [0.15, 0.2) is 5.16 Å². The van der Waals surface area contributed by atoms with Crippen LogP contribution in [0, 0.1) is 5.92 Å². The van der Waals surface area contributed by atoms with E-state index in [1.54, 1.807) is 25.6 Å². The van der Waals surface area contributed by atoms with Crippen molar-refractivity contribution in [3.05, 3.63) is 16.8 Å². The lowest BCUT2D eigenvalue weighted by molar-refractivity contribution is -0.0914. The number of nitrogens with one attached hydrogen (secondary N) is 1. The summed E-state index contributed by atoms with van der Waals surface area (Å²) in [6.45, 7) is 9.87. The van der Waals surface area contributed by atoms with Crippen LogP contribution in [-0.4, -0.2) is 53.9 Å². The maximum absolute atomic E-state index is 6.20. The highest BCUT2D eigenvalue weighted by atomic mass is 32.2. The van der Waals surface area contributed by atoms with E-state index in [0.29, 0.717) is 19.1 Å². The average Bonchev–Trinajstić information content (AvgIpc) is 3.11. The van der Waals surface area contributed by atoms with Crippen LogP contribution in [0.4, 0.5) is 5.82 Å². The minimum Gasteiger partial charge on any atom is -0.370 e. The molecule has 1 aliphatic heterocycles. The Bertz CT molecular complexity index is 1130. The molecule has 0 radical (unpaired) electrons. The first-order valence-corrected chi connectivity index (χ1v) is 12.9. The first-order valence-electron chi connectivity index (χ1n) is 10.9. The Hall–Kier alpha value is -1.52. The van der Waals surface area contributed by atoms with E-state index in [1.165, 1.54) is 22.9 Å².